The lowest BCUT2D eigenvalue weighted by Gasteiger charge is -2.07. The Bertz CT molecular complexity index is 1370. The average Bonchev–Trinajstić information content (AvgIpc) is 3.13. The molecule has 1 aromatic heterocycles. The topological polar surface area (TPSA) is 88.8 Å². The summed E-state index contributed by atoms with van der Waals surface area (Å²) in [5.41, 5.74) is 2.41. The summed E-state index contributed by atoms with van der Waals surface area (Å²) in [4.78, 5) is 7.55. The first-order valence-electron chi connectivity index (χ1n) is 8.97. The van der Waals surface area contributed by atoms with E-state index < -0.39 is 27.5 Å². The largest absolute Gasteiger partial charge is 0.342 e. The van der Waals surface area contributed by atoms with Gasteiger partial charge in [-0.2, -0.15) is 0 Å². The maximum Gasteiger partial charge on any atom is 0.238 e. The summed E-state index contributed by atoms with van der Waals surface area (Å²) in [5.74, 6) is -3.39. The average molecular weight is 431 g/mol. The van der Waals surface area contributed by atoms with Crippen LogP contribution >= 0.6 is 0 Å². The van der Waals surface area contributed by atoms with E-state index in [4.69, 9.17) is 5.14 Å². The van der Waals surface area contributed by atoms with Gasteiger partial charge >= 0.3 is 0 Å². The molecule has 0 aliphatic heterocycles. The number of rotatable bonds is 5. The van der Waals surface area contributed by atoms with Gasteiger partial charge in [0.25, 0.3) is 0 Å². The normalized spacial score (nSPS) is 11.9. The van der Waals surface area contributed by atoms with Crippen LogP contribution in [0.4, 0.5) is 13.2 Å². The molecule has 5 nitrogen and oxygen atoms in total. The Morgan fingerprint density at radius 1 is 0.933 bits per heavy atom. The Labute approximate surface area is 170 Å². The van der Waals surface area contributed by atoms with E-state index in [0.29, 0.717) is 28.0 Å². The molecule has 4 aromatic rings. The number of nitrogens with zero attached hydrogens (tertiary/aromatic N) is 1. The fourth-order valence-electron chi connectivity index (χ4n) is 3.31. The number of imidazole rings is 1. The van der Waals surface area contributed by atoms with Crippen LogP contribution in [0.2, 0.25) is 0 Å². The van der Waals surface area contributed by atoms with Crippen molar-refractivity contribution < 1.29 is 21.6 Å². The second-order valence-corrected chi connectivity index (χ2v) is 8.32. The third kappa shape index (κ3) is 3.81. The van der Waals surface area contributed by atoms with Crippen LogP contribution in [-0.4, -0.2) is 18.4 Å². The highest BCUT2D eigenvalue weighted by molar-refractivity contribution is 7.89. The molecule has 0 unspecified atom stereocenters. The smallest absolute Gasteiger partial charge is 0.238 e. The molecule has 0 spiro atoms. The first kappa shape index (κ1) is 20.1. The monoisotopic (exact) mass is 431 g/mol. The Hall–Kier alpha value is -3.17. The zero-order chi connectivity index (χ0) is 21.5. The number of aromatic amines is 1. The molecule has 0 aliphatic carbocycles. The molecule has 4 rings (SSSR count). The molecule has 0 atom stereocenters. The summed E-state index contributed by atoms with van der Waals surface area (Å²) >= 11 is 0. The van der Waals surface area contributed by atoms with Crippen molar-refractivity contribution >= 4 is 21.1 Å². The quantitative estimate of drug-likeness (QED) is 0.467. The maximum absolute atomic E-state index is 13.8. The van der Waals surface area contributed by atoms with Gasteiger partial charge in [-0.1, -0.05) is 30.3 Å². The molecule has 0 aliphatic rings. The van der Waals surface area contributed by atoms with Gasteiger partial charge in [-0.15, -0.1) is 0 Å². The van der Waals surface area contributed by atoms with Gasteiger partial charge in [0.1, 0.15) is 5.82 Å². The summed E-state index contributed by atoms with van der Waals surface area (Å²) < 4.78 is 64.0. The van der Waals surface area contributed by atoms with Crippen LogP contribution in [0, 0.1) is 17.5 Å². The standard InChI is InChI=1S/C21H16F3N3O2S/c22-15-8-5-12(20(23)21(15)24)7-10-19-26-16-9-6-13(11-17(16)27-19)14-3-1-2-4-18(14)30(25,28)29/h1-6,8-9,11H,7,10H2,(H,26,27)(H2,25,28,29). The highest BCUT2D eigenvalue weighted by atomic mass is 32.2. The maximum atomic E-state index is 13.8. The van der Waals surface area contributed by atoms with Crippen LogP contribution < -0.4 is 5.14 Å². The molecule has 0 fully saturated rings. The summed E-state index contributed by atoms with van der Waals surface area (Å²) in [6, 6.07) is 13.7. The number of sulfonamides is 1. The van der Waals surface area contributed by atoms with Crippen molar-refractivity contribution in [3.05, 3.63) is 83.4 Å². The lowest BCUT2D eigenvalue weighted by Crippen LogP contribution is -2.13. The number of primary sulfonamides is 1. The minimum absolute atomic E-state index is 0.00826. The van der Waals surface area contributed by atoms with Crippen molar-refractivity contribution in [2.45, 2.75) is 17.7 Å². The Morgan fingerprint density at radius 2 is 1.70 bits per heavy atom. The number of aryl methyl sites for hydroxylation is 2. The minimum atomic E-state index is -3.90. The molecule has 0 saturated heterocycles. The summed E-state index contributed by atoms with van der Waals surface area (Å²) in [6.45, 7) is 0. The first-order valence-corrected chi connectivity index (χ1v) is 10.5. The molecule has 30 heavy (non-hydrogen) atoms. The summed E-state index contributed by atoms with van der Waals surface area (Å²) in [6.07, 6.45) is 0.406. The highest BCUT2D eigenvalue weighted by Crippen LogP contribution is 2.29. The van der Waals surface area contributed by atoms with E-state index in [1.54, 1.807) is 36.4 Å². The predicted molar refractivity (Wildman–Crippen MR) is 107 cm³/mol. The number of H-pyrrole nitrogens is 1. The predicted octanol–water partition coefficient (Wildman–Crippen LogP) is 4.08. The van der Waals surface area contributed by atoms with Crippen molar-refractivity contribution in [3.8, 4) is 11.1 Å². The van der Waals surface area contributed by atoms with Crippen LogP contribution in [-0.2, 0) is 22.9 Å². The molecule has 0 bridgehead atoms. The van der Waals surface area contributed by atoms with E-state index in [0.717, 1.165) is 6.07 Å². The highest BCUT2D eigenvalue weighted by Gasteiger charge is 2.16. The van der Waals surface area contributed by atoms with Gasteiger partial charge in [0.15, 0.2) is 17.5 Å². The van der Waals surface area contributed by atoms with Crippen molar-refractivity contribution in [2.24, 2.45) is 5.14 Å². The lowest BCUT2D eigenvalue weighted by molar-refractivity contribution is 0.440. The summed E-state index contributed by atoms with van der Waals surface area (Å²) in [7, 11) is -3.90. The van der Waals surface area contributed by atoms with Crippen molar-refractivity contribution in [2.75, 3.05) is 0 Å². The Balaban J connectivity index is 1.64. The number of benzene rings is 3. The van der Waals surface area contributed by atoms with Crippen LogP contribution in [0.25, 0.3) is 22.2 Å². The van der Waals surface area contributed by atoms with Crippen LogP contribution in [0.3, 0.4) is 0 Å². The van der Waals surface area contributed by atoms with Gasteiger partial charge in [-0.25, -0.2) is 31.7 Å². The van der Waals surface area contributed by atoms with Crippen molar-refractivity contribution in [3.63, 3.8) is 0 Å². The number of fused-ring (bicyclic) bond motifs is 1. The number of hydrogen-bond acceptors (Lipinski definition) is 3. The van der Waals surface area contributed by atoms with Crippen LogP contribution in [0.1, 0.15) is 11.4 Å². The SMILES string of the molecule is NS(=O)(=O)c1ccccc1-c1ccc2[nH]c(CCc3ccc(F)c(F)c3F)nc2c1. The van der Waals surface area contributed by atoms with Gasteiger partial charge in [0, 0.05) is 12.0 Å². The third-order valence-electron chi connectivity index (χ3n) is 4.78. The Kier molecular flexibility index (Phi) is 5.08. The van der Waals surface area contributed by atoms with Crippen LogP contribution in [0.5, 0.6) is 0 Å². The molecular weight excluding hydrogens is 415 g/mol. The molecule has 0 radical (unpaired) electrons. The molecule has 3 aromatic carbocycles. The third-order valence-corrected chi connectivity index (χ3v) is 5.75. The first-order chi connectivity index (χ1) is 14.2. The fourth-order valence-corrected chi connectivity index (χ4v) is 4.07. The number of hydrogen-bond donors (Lipinski definition) is 2. The van der Waals surface area contributed by atoms with E-state index in [1.807, 2.05) is 0 Å². The van der Waals surface area contributed by atoms with Crippen LogP contribution in [0.15, 0.2) is 59.5 Å². The fraction of sp³-hybridized carbons (Fsp3) is 0.0952. The molecule has 0 saturated carbocycles. The zero-order valence-electron chi connectivity index (χ0n) is 15.5. The van der Waals surface area contributed by atoms with E-state index in [2.05, 4.69) is 9.97 Å². The van der Waals surface area contributed by atoms with Gasteiger partial charge in [-0.05, 0) is 41.8 Å². The number of halogens is 3. The lowest BCUT2D eigenvalue weighted by atomic mass is 10.1. The number of nitrogens with two attached hydrogens (primary N) is 1. The van der Waals surface area contributed by atoms with E-state index in [9.17, 15) is 21.6 Å². The van der Waals surface area contributed by atoms with Crippen molar-refractivity contribution in [1.82, 2.24) is 9.97 Å². The summed E-state index contributed by atoms with van der Waals surface area (Å²) in [5, 5.41) is 5.31. The van der Waals surface area contributed by atoms with E-state index >= 15 is 0 Å². The second kappa shape index (κ2) is 7.58. The van der Waals surface area contributed by atoms with Gasteiger partial charge < -0.3 is 4.98 Å². The molecule has 9 heteroatoms. The molecular formula is C21H16F3N3O2S. The van der Waals surface area contributed by atoms with Gasteiger partial charge in [-0.3, -0.25) is 0 Å². The van der Waals surface area contributed by atoms with Crippen molar-refractivity contribution in [1.29, 1.82) is 0 Å². The number of nitrogens with one attached hydrogen (secondary N) is 1. The molecule has 3 N–H and O–H groups in total. The molecule has 0 amide bonds. The molecule has 154 valence electrons. The Morgan fingerprint density at radius 3 is 2.47 bits per heavy atom. The van der Waals surface area contributed by atoms with E-state index in [-0.39, 0.29) is 23.3 Å². The number of aromatic nitrogens is 2. The zero-order valence-corrected chi connectivity index (χ0v) is 16.3. The van der Waals surface area contributed by atoms with E-state index in [1.165, 1.54) is 12.1 Å². The van der Waals surface area contributed by atoms with Gasteiger partial charge in [0.2, 0.25) is 10.0 Å². The minimum Gasteiger partial charge on any atom is -0.342 e. The molecule has 1 heterocycles. The van der Waals surface area contributed by atoms with Gasteiger partial charge in [0.05, 0.1) is 15.9 Å². The second-order valence-electron chi connectivity index (χ2n) is 6.79.